The van der Waals surface area contributed by atoms with Crippen molar-refractivity contribution >= 4 is 17.9 Å². The highest BCUT2D eigenvalue weighted by atomic mass is 16.6. The van der Waals surface area contributed by atoms with Crippen LogP contribution in [0.5, 0.6) is 0 Å². The second-order valence-electron chi connectivity index (χ2n) is 14.9. The van der Waals surface area contributed by atoms with Gasteiger partial charge in [0.1, 0.15) is 13.2 Å². The monoisotopic (exact) mass is 781 g/mol. The van der Waals surface area contributed by atoms with E-state index in [1.54, 1.807) is 0 Å². The van der Waals surface area contributed by atoms with Gasteiger partial charge in [-0.2, -0.15) is 0 Å². The van der Waals surface area contributed by atoms with Crippen LogP contribution in [0, 0.1) is 0 Å². The number of carbonyl (C=O) groups is 3. The Morgan fingerprint density at radius 1 is 0.375 bits per heavy atom. The number of ether oxygens (including phenoxy) is 3. The lowest BCUT2D eigenvalue weighted by Crippen LogP contribution is -2.30. The van der Waals surface area contributed by atoms with Gasteiger partial charge < -0.3 is 14.2 Å². The minimum atomic E-state index is -0.815. The van der Waals surface area contributed by atoms with Crippen molar-refractivity contribution in [3.63, 3.8) is 0 Å². The standard InChI is InChI=1S/C50H84O6/c1-4-7-10-13-16-19-22-24-26-28-31-34-37-40-43-49(52)55-46-47(45-54-48(51)42-39-36-33-30-27-21-18-15-12-9-6-3)56-50(53)44-41-38-35-32-29-25-23-20-17-14-11-8-5-2/h8,11,13,16-17,20,22,24-25,29,35,38,47H,4-7,9-10,12,14-15,18-19,21,23,26-28,30-34,36-37,39-46H2,1-3H3/b11-8-,16-13-,20-17-,24-22-,29-25-,38-35-. The first-order chi connectivity index (χ1) is 27.5. The van der Waals surface area contributed by atoms with Gasteiger partial charge in [0.05, 0.1) is 0 Å². The topological polar surface area (TPSA) is 78.9 Å². The van der Waals surface area contributed by atoms with Crippen LogP contribution < -0.4 is 0 Å². The molecule has 0 saturated heterocycles. The summed E-state index contributed by atoms with van der Waals surface area (Å²) in [5, 5.41) is 0. The number of hydrogen-bond donors (Lipinski definition) is 0. The summed E-state index contributed by atoms with van der Waals surface area (Å²) in [6.45, 7) is 6.38. The molecule has 0 fully saturated rings. The third kappa shape index (κ3) is 42.0. The molecule has 0 bridgehead atoms. The van der Waals surface area contributed by atoms with Gasteiger partial charge in [-0.1, -0.05) is 190 Å². The maximum absolute atomic E-state index is 12.7. The smallest absolute Gasteiger partial charge is 0.306 e. The molecule has 0 aromatic rings. The van der Waals surface area contributed by atoms with E-state index >= 15 is 0 Å². The highest BCUT2D eigenvalue weighted by Gasteiger charge is 2.19. The Hall–Kier alpha value is -3.15. The lowest BCUT2D eigenvalue weighted by molar-refractivity contribution is -0.166. The number of carbonyl (C=O) groups excluding carboxylic acids is 3. The third-order valence-corrected chi connectivity index (χ3v) is 9.46. The van der Waals surface area contributed by atoms with Crippen molar-refractivity contribution in [3.05, 3.63) is 72.9 Å². The van der Waals surface area contributed by atoms with Crippen LogP contribution in [0.1, 0.15) is 207 Å². The fourth-order valence-electron chi connectivity index (χ4n) is 6.00. The van der Waals surface area contributed by atoms with Gasteiger partial charge >= 0.3 is 17.9 Å². The van der Waals surface area contributed by atoms with Crippen LogP contribution in [0.4, 0.5) is 0 Å². The Kier molecular flexibility index (Phi) is 42.1. The summed E-state index contributed by atoms with van der Waals surface area (Å²) in [4.78, 5) is 37.7. The van der Waals surface area contributed by atoms with Crippen molar-refractivity contribution in [2.45, 2.75) is 213 Å². The number of unbranched alkanes of at least 4 members (excludes halogenated alkanes) is 17. The predicted molar refractivity (Wildman–Crippen MR) is 238 cm³/mol. The normalized spacial score (nSPS) is 12.7. The van der Waals surface area contributed by atoms with Gasteiger partial charge in [0.25, 0.3) is 0 Å². The molecule has 320 valence electrons. The maximum atomic E-state index is 12.7. The van der Waals surface area contributed by atoms with Gasteiger partial charge in [-0.3, -0.25) is 14.4 Å². The zero-order valence-electron chi connectivity index (χ0n) is 36.4. The van der Waals surface area contributed by atoms with E-state index in [-0.39, 0.29) is 31.6 Å². The summed E-state index contributed by atoms with van der Waals surface area (Å²) in [6, 6.07) is 0. The fourth-order valence-corrected chi connectivity index (χ4v) is 6.00. The molecule has 0 aliphatic rings. The van der Waals surface area contributed by atoms with Gasteiger partial charge in [0.15, 0.2) is 6.10 Å². The Labute approximate surface area is 344 Å². The van der Waals surface area contributed by atoms with E-state index < -0.39 is 12.1 Å². The van der Waals surface area contributed by atoms with Crippen LogP contribution >= 0.6 is 0 Å². The van der Waals surface area contributed by atoms with E-state index in [1.807, 2.05) is 12.2 Å². The molecule has 0 N–H and O–H groups in total. The molecule has 6 heteroatoms. The lowest BCUT2D eigenvalue weighted by Gasteiger charge is -2.18. The highest BCUT2D eigenvalue weighted by molar-refractivity contribution is 5.71. The Morgan fingerprint density at radius 2 is 0.750 bits per heavy atom. The minimum absolute atomic E-state index is 0.108. The van der Waals surface area contributed by atoms with Crippen molar-refractivity contribution in [2.75, 3.05) is 13.2 Å². The third-order valence-electron chi connectivity index (χ3n) is 9.46. The summed E-state index contributed by atoms with van der Waals surface area (Å²) >= 11 is 0. The van der Waals surface area contributed by atoms with Gasteiger partial charge in [0.2, 0.25) is 0 Å². The first-order valence-electron chi connectivity index (χ1n) is 22.9. The van der Waals surface area contributed by atoms with E-state index in [9.17, 15) is 14.4 Å². The van der Waals surface area contributed by atoms with Crippen molar-refractivity contribution in [1.82, 2.24) is 0 Å². The molecule has 0 aromatic heterocycles. The molecule has 1 unspecified atom stereocenters. The average molecular weight is 781 g/mol. The Morgan fingerprint density at radius 3 is 1.21 bits per heavy atom. The molecule has 0 radical (unpaired) electrons. The van der Waals surface area contributed by atoms with Crippen molar-refractivity contribution in [2.24, 2.45) is 0 Å². The van der Waals surface area contributed by atoms with Crippen LogP contribution in [-0.4, -0.2) is 37.2 Å². The van der Waals surface area contributed by atoms with Crippen molar-refractivity contribution < 1.29 is 28.6 Å². The number of hydrogen-bond acceptors (Lipinski definition) is 6. The first kappa shape index (κ1) is 52.9. The van der Waals surface area contributed by atoms with Crippen LogP contribution in [0.2, 0.25) is 0 Å². The van der Waals surface area contributed by atoms with Crippen molar-refractivity contribution in [3.8, 4) is 0 Å². The summed E-state index contributed by atoms with van der Waals surface area (Å²) in [5.74, 6) is -1.01. The molecule has 0 saturated carbocycles. The van der Waals surface area contributed by atoms with Gasteiger partial charge in [0, 0.05) is 19.3 Å². The van der Waals surface area contributed by atoms with E-state index in [2.05, 4.69) is 81.5 Å². The minimum Gasteiger partial charge on any atom is -0.462 e. The summed E-state index contributed by atoms with van der Waals surface area (Å²) in [5.41, 5.74) is 0. The first-order valence-corrected chi connectivity index (χ1v) is 22.9. The molecule has 1 atom stereocenters. The molecule has 0 aromatic carbocycles. The lowest BCUT2D eigenvalue weighted by atomic mass is 10.1. The quantitative estimate of drug-likeness (QED) is 0.0267. The maximum Gasteiger partial charge on any atom is 0.306 e. The zero-order valence-corrected chi connectivity index (χ0v) is 36.4. The molecule has 0 aliphatic carbocycles. The van der Waals surface area contributed by atoms with Gasteiger partial charge in [-0.05, 0) is 70.6 Å². The molecule has 6 nitrogen and oxygen atoms in total. The summed E-state index contributed by atoms with van der Waals surface area (Å²) in [6.07, 6.45) is 54.6. The van der Waals surface area contributed by atoms with Crippen molar-refractivity contribution in [1.29, 1.82) is 0 Å². The van der Waals surface area contributed by atoms with Gasteiger partial charge in [-0.15, -0.1) is 0 Å². The highest BCUT2D eigenvalue weighted by Crippen LogP contribution is 2.13. The molecular formula is C50H84O6. The largest absolute Gasteiger partial charge is 0.462 e. The van der Waals surface area contributed by atoms with Crippen LogP contribution in [0.3, 0.4) is 0 Å². The van der Waals surface area contributed by atoms with E-state index in [1.165, 1.54) is 70.6 Å². The molecule has 0 aliphatic heterocycles. The molecule has 0 spiro atoms. The predicted octanol–water partition coefficient (Wildman–Crippen LogP) is 14.7. The van der Waals surface area contributed by atoms with E-state index in [4.69, 9.17) is 14.2 Å². The molecule has 0 amide bonds. The Bertz CT molecular complexity index is 1080. The number of allylic oxidation sites excluding steroid dienone is 12. The van der Waals surface area contributed by atoms with E-state index in [0.29, 0.717) is 19.3 Å². The number of rotatable bonds is 40. The summed E-state index contributed by atoms with van der Waals surface area (Å²) in [7, 11) is 0. The van der Waals surface area contributed by atoms with Crippen LogP contribution in [-0.2, 0) is 28.6 Å². The fraction of sp³-hybridized carbons (Fsp3) is 0.700. The van der Waals surface area contributed by atoms with Crippen LogP contribution in [0.25, 0.3) is 0 Å². The van der Waals surface area contributed by atoms with E-state index in [0.717, 1.165) is 89.9 Å². The average Bonchev–Trinajstić information content (AvgIpc) is 3.19. The summed E-state index contributed by atoms with van der Waals surface area (Å²) < 4.78 is 16.6. The second-order valence-corrected chi connectivity index (χ2v) is 14.9. The number of esters is 3. The molecule has 0 heterocycles. The van der Waals surface area contributed by atoms with Gasteiger partial charge in [-0.25, -0.2) is 0 Å². The van der Waals surface area contributed by atoms with Crippen LogP contribution in [0.15, 0.2) is 72.9 Å². The second kappa shape index (κ2) is 44.6. The zero-order chi connectivity index (χ0) is 40.8. The molecular weight excluding hydrogens is 697 g/mol. The SMILES string of the molecule is CC/C=C\C/C=C\C/C=C\C/C=C\CCC(=O)OC(COC(=O)CCCCCCC/C=C\C/C=C\CCCC)COC(=O)CCCCCCCCCCCCC. The Balaban J connectivity index is 4.50. The molecule has 56 heavy (non-hydrogen) atoms. The molecule has 0 rings (SSSR count).